The first-order chi connectivity index (χ1) is 16.7. The van der Waals surface area contributed by atoms with Gasteiger partial charge in [-0.25, -0.2) is 0 Å². The lowest BCUT2D eigenvalue weighted by Crippen LogP contribution is -1.90. The fourth-order valence-electron chi connectivity index (χ4n) is 4.45. The average molecular weight is 450 g/mol. The van der Waals surface area contributed by atoms with Crippen LogP contribution in [-0.2, 0) is 6.42 Å². The van der Waals surface area contributed by atoms with Gasteiger partial charge in [-0.15, -0.1) is 0 Å². The fraction of sp³-hybridized carbons (Fsp3) is 0.281. The number of aromatic nitrogens is 1. The van der Waals surface area contributed by atoms with Crippen molar-refractivity contribution in [2.45, 2.75) is 52.4 Å². The molecule has 0 atom stereocenters. The molecule has 2 heteroatoms. The van der Waals surface area contributed by atoms with Gasteiger partial charge in [0, 0.05) is 11.8 Å². The molecule has 0 spiro atoms. The SMILES string of the molecule is CCCCCCCc1ccc(-c2ccc(-c3ccc(-c4ccc(OC)cc4)cc3C)cc2)nc1. The van der Waals surface area contributed by atoms with Crippen molar-refractivity contribution in [3.63, 3.8) is 0 Å². The molecule has 34 heavy (non-hydrogen) atoms. The summed E-state index contributed by atoms with van der Waals surface area (Å²) in [7, 11) is 1.70. The van der Waals surface area contributed by atoms with Crippen LogP contribution < -0.4 is 4.74 Å². The smallest absolute Gasteiger partial charge is 0.118 e. The van der Waals surface area contributed by atoms with E-state index in [4.69, 9.17) is 9.72 Å². The van der Waals surface area contributed by atoms with Gasteiger partial charge in [-0.2, -0.15) is 0 Å². The largest absolute Gasteiger partial charge is 0.497 e. The van der Waals surface area contributed by atoms with Crippen LogP contribution in [0.25, 0.3) is 33.5 Å². The van der Waals surface area contributed by atoms with Crippen LogP contribution in [-0.4, -0.2) is 12.1 Å². The van der Waals surface area contributed by atoms with Crippen molar-refractivity contribution in [1.29, 1.82) is 0 Å². The molecule has 0 saturated carbocycles. The maximum Gasteiger partial charge on any atom is 0.118 e. The lowest BCUT2D eigenvalue weighted by molar-refractivity contribution is 0.415. The molecule has 0 aliphatic carbocycles. The van der Waals surface area contributed by atoms with Gasteiger partial charge >= 0.3 is 0 Å². The number of rotatable bonds is 10. The number of unbranched alkanes of at least 4 members (excludes halogenated alkanes) is 4. The van der Waals surface area contributed by atoms with E-state index in [9.17, 15) is 0 Å². The molecule has 0 amide bonds. The minimum absolute atomic E-state index is 0.878. The van der Waals surface area contributed by atoms with Gasteiger partial charge in [0.2, 0.25) is 0 Å². The van der Waals surface area contributed by atoms with Crippen molar-refractivity contribution in [2.24, 2.45) is 0 Å². The van der Waals surface area contributed by atoms with Crippen LogP contribution in [0.5, 0.6) is 5.75 Å². The van der Waals surface area contributed by atoms with Crippen LogP contribution in [0.3, 0.4) is 0 Å². The molecule has 0 aliphatic heterocycles. The van der Waals surface area contributed by atoms with E-state index in [1.165, 1.54) is 65.5 Å². The van der Waals surface area contributed by atoms with E-state index in [1.54, 1.807) is 7.11 Å². The summed E-state index contributed by atoms with van der Waals surface area (Å²) in [4.78, 5) is 4.73. The van der Waals surface area contributed by atoms with Gasteiger partial charge < -0.3 is 4.74 Å². The van der Waals surface area contributed by atoms with Crippen LogP contribution in [0.2, 0.25) is 0 Å². The van der Waals surface area contributed by atoms with E-state index in [2.05, 4.69) is 80.6 Å². The Labute approximate surface area is 204 Å². The third-order valence-corrected chi connectivity index (χ3v) is 6.54. The highest BCUT2D eigenvalue weighted by Crippen LogP contribution is 2.30. The van der Waals surface area contributed by atoms with Gasteiger partial charge in [-0.1, -0.05) is 93.3 Å². The zero-order valence-electron chi connectivity index (χ0n) is 20.7. The van der Waals surface area contributed by atoms with Gasteiger partial charge in [0.15, 0.2) is 0 Å². The molecule has 0 bridgehead atoms. The highest BCUT2D eigenvalue weighted by molar-refractivity contribution is 5.75. The number of methoxy groups -OCH3 is 1. The normalized spacial score (nSPS) is 10.9. The first-order valence-electron chi connectivity index (χ1n) is 12.5. The third-order valence-electron chi connectivity index (χ3n) is 6.54. The number of pyridine rings is 1. The second-order valence-electron chi connectivity index (χ2n) is 9.05. The summed E-state index contributed by atoms with van der Waals surface area (Å²) in [5, 5.41) is 0. The van der Waals surface area contributed by atoms with Crippen molar-refractivity contribution in [3.05, 3.63) is 96.2 Å². The average Bonchev–Trinajstić information content (AvgIpc) is 2.89. The molecule has 1 heterocycles. The van der Waals surface area contributed by atoms with Gasteiger partial charge in [-0.05, 0) is 71.3 Å². The van der Waals surface area contributed by atoms with Gasteiger partial charge in [0.25, 0.3) is 0 Å². The number of ether oxygens (including phenoxy) is 1. The van der Waals surface area contributed by atoms with Crippen molar-refractivity contribution < 1.29 is 4.74 Å². The summed E-state index contributed by atoms with van der Waals surface area (Å²) in [5.41, 5.74) is 9.70. The summed E-state index contributed by atoms with van der Waals surface area (Å²) in [5.74, 6) is 0.878. The molecule has 0 N–H and O–H groups in total. The van der Waals surface area contributed by atoms with Crippen molar-refractivity contribution in [1.82, 2.24) is 4.98 Å². The second kappa shape index (κ2) is 11.7. The zero-order chi connectivity index (χ0) is 23.8. The molecule has 4 rings (SSSR count). The second-order valence-corrected chi connectivity index (χ2v) is 9.05. The molecule has 0 saturated heterocycles. The first-order valence-corrected chi connectivity index (χ1v) is 12.5. The van der Waals surface area contributed by atoms with Crippen LogP contribution in [0.15, 0.2) is 85.1 Å². The Hall–Kier alpha value is -3.39. The van der Waals surface area contributed by atoms with Crippen LogP contribution >= 0.6 is 0 Å². The zero-order valence-corrected chi connectivity index (χ0v) is 20.7. The molecular weight excluding hydrogens is 414 g/mol. The first kappa shape index (κ1) is 23.8. The van der Waals surface area contributed by atoms with Crippen LogP contribution in [0.4, 0.5) is 0 Å². The monoisotopic (exact) mass is 449 g/mol. The Morgan fingerprint density at radius 1 is 0.676 bits per heavy atom. The van der Waals surface area contributed by atoms with E-state index >= 15 is 0 Å². The topological polar surface area (TPSA) is 22.1 Å². The fourth-order valence-corrected chi connectivity index (χ4v) is 4.45. The Balaban J connectivity index is 1.43. The number of hydrogen-bond donors (Lipinski definition) is 0. The van der Waals surface area contributed by atoms with Gasteiger partial charge in [0.05, 0.1) is 12.8 Å². The van der Waals surface area contributed by atoms with E-state index < -0.39 is 0 Å². The molecule has 1 aromatic heterocycles. The molecule has 174 valence electrons. The molecule has 0 unspecified atom stereocenters. The summed E-state index contributed by atoms with van der Waals surface area (Å²) in [6.07, 6.45) is 9.73. The quantitative estimate of drug-likeness (QED) is 0.225. The van der Waals surface area contributed by atoms with E-state index in [0.717, 1.165) is 23.4 Å². The molecule has 2 nitrogen and oxygen atoms in total. The predicted octanol–water partition coefficient (Wildman–Crippen LogP) is 8.91. The minimum atomic E-state index is 0.878. The van der Waals surface area contributed by atoms with Crippen molar-refractivity contribution >= 4 is 0 Å². The summed E-state index contributed by atoms with van der Waals surface area (Å²) in [6, 6.07) is 28.0. The minimum Gasteiger partial charge on any atom is -0.497 e. The molecule has 0 aliphatic rings. The Bertz CT molecular complexity index is 1180. The molecule has 3 aromatic carbocycles. The molecular formula is C32H35NO. The predicted molar refractivity (Wildman–Crippen MR) is 144 cm³/mol. The molecule has 4 aromatic rings. The van der Waals surface area contributed by atoms with Crippen molar-refractivity contribution in [2.75, 3.05) is 7.11 Å². The van der Waals surface area contributed by atoms with Gasteiger partial charge in [0.1, 0.15) is 5.75 Å². The Morgan fingerprint density at radius 3 is 2.00 bits per heavy atom. The standard InChI is InChI=1S/C32H35NO/c1-4-5-6-7-8-9-25-10-21-32(33-23-25)28-13-11-27(12-14-28)31-20-17-29(22-24(31)2)26-15-18-30(34-3)19-16-26/h10-23H,4-9H2,1-3H3. The van der Waals surface area contributed by atoms with Crippen LogP contribution in [0.1, 0.15) is 50.2 Å². The molecule has 0 fully saturated rings. The van der Waals surface area contributed by atoms with Crippen LogP contribution in [0, 0.1) is 6.92 Å². The maximum atomic E-state index is 5.28. The molecule has 0 radical (unpaired) electrons. The van der Waals surface area contributed by atoms with Gasteiger partial charge in [-0.3, -0.25) is 4.98 Å². The lowest BCUT2D eigenvalue weighted by atomic mass is 9.95. The van der Waals surface area contributed by atoms with E-state index in [0.29, 0.717) is 0 Å². The highest BCUT2D eigenvalue weighted by Gasteiger charge is 2.07. The Morgan fingerprint density at radius 2 is 1.35 bits per heavy atom. The number of aryl methyl sites for hydroxylation is 2. The Kier molecular flexibility index (Phi) is 8.14. The lowest BCUT2D eigenvalue weighted by Gasteiger charge is -2.11. The number of hydrogen-bond acceptors (Lipinski definition) is 2. The third kappa shape index (κ3) is 5.94. The van der Waals surface area contributed by atoms with E-state index in [1.807, 2.05) is 18.3 Å². The van der Waals surface area contributed by atoms with Crippen molar-refractivity contribution in [3.8, 4) is 39.3 Å². The van der Waals surface area contributed by atoms with E-state index in [-0.39, 0.29) is 0 Å². The summed E-state index contributed by atoms with van der Waals surface area (Å²) >= 11 is 0. The number of nitrogens with zero attached hydrogens (tertiary/aromatic N) is 1. The summed E-state index contributed by atoms with van der Waals surface area (Å²) < 4.78 is 5.28. The number of benzene rings is 3. The maximum absolute atomic E-state index is 5.28. The summed E-state index contributed by atoms with van der Waals surface area (Å²) in [6.45, 7) is 4.44. The highest BCUT2D eigenvalue weighted by atomic mass is 16.5.